The maximum absolute atomic E-state index is 4.48. The summed E-state index contributed by atoms with van der Waals surface area (Å²) in [6, 6.07) is 0. The fourth-order valence-electron chi connectivity index (χ4n) is 0.553. The molecule has 0 saturated heterocycles. The van der Waals surface area contributed by atoms with Crippen LogP contribution in [0.4, 0.5) is 0 Å². The average Bonchev–Trinajstić information content (AvgIpc) is 2.59. The minimum Gasteiger partial charge on any atom is -0.342 e. The topological polar surface area (TPSA) is 80.5 Å². The lowest BCUT2D eigenvalue weighted by atomic mass is 10.6. The highest BCUT2D eigenvalue weighted by Gasteiger charge is 2.03. The minimum absolute atomic E-state index is 0.383. The Morgan fingerprint density at radius 1 is 1.60 bits per heavy atom. The van der Waals surface area contributed by atoms with E-state index < -0.39 is 0 Å². The average molecular weight is 136 g/mol. The van der Waals surface area contributed by atoms with Crippen LogP contribution in [0.3, 0.4) is 0 Å². The molecule has 0 aliphatic rings. The van der Waals surface area contributed by atoms with Gasteiger partial charge < -0.3 is 4.52 Å². The summed E-state index contributed by atoms with van der Waals surface area (Å²) in [5.41, 5.74) is 0. The van der Waals surface area contributed by atoms with Crippen LogP contribution in [0.2, 0.25) is 0 Å². The summed E-state index contributed by atoms with van der Waals surface area (Å²) in [6.07, 6.45) is 3.56. The number of nitrogens with one attached hydrogen (secondary N) is 1. The minimum atomic E-state index is 0.383. The lowest BCUT2D eigenvalue weighted by Crippen LogP contribution is -1.81. The molecule has 2 heterocycles. The summed E-state index contributed by atoms with van der Waals surface area (Å²) < 4.78 is 4.48. The molecule has 0 aliphatic heterocycles. The Balaban J connectivity index is 2.48. The largest absolute Gasteiger partial charge is 0.342 e. The molecule has 0 atom stereocenters. The van der Waals surface area contributed by atoms with Gasteiger partial charge in [0.1, 0.15) is 0 Å². The monoisotopic (exact) mass is 136 g/mol. The third-order valence-electron chi connectivity index (χ3n) is 0.947. The summed E-state index contributed by atoms with van der Waals surface area (Å²) in [5.74, 6) is 0.836. The van der Waals surface area contributed by atoms with Gasteiger partial charge in [-0.3, -0.25) is 5.10 Å². The number of aromatic amines is 1. The van der Waals surface area contributed by atoms with Gasteiger partial charge in [0, 0.05) is 0 Å². The number of hydrogen-bond donors (Lipinski definition) is 1. The summed E-state index contributed by atoms with van der Waals surface area (Å²) in [7, 11) is 0. The van der Waals surface area contributed by atoms with Crippen LogP contribution in [-0.4, -0.2) is 25.3 Å². The van der Waals surface area contributed by atoms with Crippen LogP contribution < -0.4 is 0 Å². The predicted molar refractivity (Wildman–Crippen MR) is 28.5 cm³/mol. The smallest absolute Gasteiger partial charge is 0.239 e. The van der Waals surface area contributed by atoms with Crippen LogP contribution in [-0.2, 0) is 0 Å². The third kappa shape index (κ3) is 0.661. The van der Waals surface area contributed by atoms with Crippen molar-refractivity contribution >= 4 is 0 Å². The Bertz CT molecular complexity index is 253. The van der Waals surface area contributed by atoms with Gasteiger partial charge in [0.05, 0.1) is 0 Å². The van der Waals surface area contributed by atoms with E-state index >= 15 is 0 Å². The molecule has 0 unspecified atom stereocenters. The van der Waals surface area contributed by atoms with Crippen molar-refractivity contribution in [3.8, 4) is 11.6 Å². The van der Waals surface area contributed by atoms with E-state index in [9.17, 15) is 0 Å². The maximum Gasteiger partial charge on any atom is 0.239 e. The van der Waals surface area contributed by atoms with Crippen molar-refractivity contribution in [2.45, 2.75) is 0 Å². The number of rotatable bonds is 1. The third-order valence-corrected chi connectivity index (χ3v) is 0.947. The lowest BCUT2D eigenvalue weighted by molar-refractivity contribution is 0.418. The Labute approximate surface area is 55.3 Å². The van der Waals surface area contributed by atoms with Crippen LogP contribution in [0.5, 0.6) is 0 Å². The van der Waals surface area contributed by atoms with Crippen LogP contribution in [0.15, 0.2) is 10.9 Å². The molecule has 0 spiro atoms. The molecule has 6 nitrogen and oxygen atoms in total. The highest BCUT2D eigenvalue weighted by molar-refractivity contribution is 5.38. The summed E-state index contributed by atoms with van der Waals surface area (Å²) in [5, 5.41) is 9.55. The molecule has 10 heavy (non-hydrogen) atoms. The van der Waals surface area contributed by atoms with Gasteiger partial charge in [0.15, 0.2) is 5.82 Å². The van der Waals surface area contributed by atoms with Gasteiger partial charge in [-0.1, -0.05) is 5.16 Å². The van der Waals surface area contributed by atoms with E-state index in [1.807, 2.05) is 0 Å². The van der Waals surface area contributed by atoms with E-state index in [-0.39, 0.29) is 0 Å². The van der Waals surface area contributed by atoms with Gasteiger partial charge in [-0.15, -0.1) is 5.10 Å². The Morgan fingerprint density at radius 2 is 2.60 bits per heavy atom. The number of H-pyrrole nitrogens is 1. The van der Waals surface area contributed by atoms with Gasteiger partial charge in [0.25, 0.3) is 0 Å². The second-order valence-corrected chi connectivity index (χ2v) is 1.54. The van der Waals surface area contributed by atoms with Crippen molar-refractivity contribution in [1.82, 2.24) is 25.3 Å². The van der Waals surface area contributed by atoms with Crippen molar-refractivity contribution in [1.29, 1.82) is 0 Å². The van der Waals surface area contributed by atoms with Crippen molar-refractivity contribution in [3.63, 3.8) is 0 Å². The standard InChI is InChI=1S/C4H2N5O/c1-5-3(8-7-1)4-6-2-10-9-4/h2H,(H,5,7,8). The normalized spacial score (nSPS) is 10.0. The van der Waals surface area contributed by atoms with Gasteiger partial charge >= 0.3 is 0 Å². The van der Waals surface area contributed by atoms with Crippen molar-refractivity contribution in [3.05, 3.63) is 12.7 Å². The van der Waals surface area contributed by atoms with Crippen molar-refractivity contribution < 1.29 is 4.52 Å². The SMILES string of the molecule is [c]1n[nH]c(-c2ncon2)n1. The molecule has 0 bridgehead atoms. The molecule has 0 fully saturated rings. The van der Waals surface area contributed by atoms with Crippen LogP contribution >= 0.6 is 0 Å². The molecule has 49 valence electrons. The molecule has 1 radical (unpaired) electrons. The predicted octanol–water partition coefficient (Wildman–Crippen LogP) is -0.345. The van der Waals surface area contributed by atoms with Gasteiger partial charge in [0.2, 0.25) is 18.5 Å². The zero-order valence-corrected chi connectivity index (χ0v) is 4.77. The molecule has 2 rings (SSSR count). The Hall–Kier alpha value is -1.72. The molecule has 6 heteroatoms. The molecule has 2 aromatic rings. The second kappa shape index (κ2) is 1.90. The molecular weight excluding hydrogens is 134 g/mol. The number of hydrogen-bond acceptors (Lipinski definition) is 5. The highest BCUT2D eigenvalue weighted by atomic mass is 16.5. The highest BCUT2D eigenvalue weighted by Crippen LogP contribution is 2.03. The van der Waals surface area contributed by atoms with Crippen LogP contribution in [0, 0.1) is 6.33 Å². The molecule has 1 N–H and O–H groups in total. The maximum atomic E-state index is 4.48. The van der Waals surface area contributed by atoms with E-state index in [2.05, 4.69) is 36.2 Å². The molecular formula is C4H2N5O. The molecule has 2 aromatic heterocycles. The van der Waals surface area contributed by atoms with E-state index in [1.165, 1.54) is 6.39 Å². The summed E-state index contributed by atoms with van der Waals surface area (Å²) in [4.78, 5) is 7.41. The first-order valence-electron chi connectivity index (χ1n) is 2.52. The number of aromatic nitrogens is 5. The quantitative estimate of drug-likeness (QED) is 0.579. The molecule has 0 aliphatic carbocycles. The summed E-state index contributed by atoms with van der Waals surface area (Å²) in [6.45, 7) is 0. The van der Waals surface area contributed by atoms with Crippen LogP contribution in [0.25, 0.3) is 11.6 Å². The molecule has 0 aromatic carbocycles. The van der Waals surface area contributed by atoms with Crippen molar-refractivity contribution in [2.75, 3.05) is 0 Å². The first-order valence-corrected chi connectivity index (χ1v) is 2.52. The van der Waals surface area contributed by atoms with E-state index in [1.54, 1.807) is 0 Å². The second-order valence-electron chi connectivity index (χ2n) is 1.54. The first kappa shape index (κ1) is 5.10. The molecule has 0 amide bonds. The fourth-order valence-corrected chi connectivity index (χ4v) is 0.553. The van der Waals surface area contributed by atoms with Crippen molar-refractivity contribution in [2.24, 2.45) is 0 Å². The van der Waals surface area contributed by atoms with Gasteiger partial charge in [-0.2, -0.15) is 4.98 Å². The fraction of sp³-hybridized carbons (Fsp3) is 0. The zero-order chi connectivity index (χ0) is 6.81. The van der Waals surface area contributed by atoms with E-state index in [0.717, 1.165) is 0 Å². The van der Waals surface area contributed by atoms with E-state index in [0.29, 0.717) is 11.6 Å². The Morgan fingerprint density at radius 3 is 3.20 bits per heavy atom. The van der Waals surface area contributed by atoms with Gasteiger partial charge in [-0.25, -0.2) is 4.98 Å². The van der Waals surface area contributed by atoms with Gasteiger partial charge in [-0.05, 0) is 0 Å². The van der Waals surface area contributed by atoms with E-state index in [4.69, 9.17) is 0 Å². The first-order chi connectivity index (χ1) is 4.97. The number of nitrogens with zero attached hydrogens (tertiary/aromatic N) is 4. The lowest BCUT2D eigenvalue weighted by Gasteiger charge is -1.78. The van der Waals surface area contributed by atoms with Crippen LogP contribution in [0.1, 0.15) is 0 Å². The molecule has 0 saturated carbocycles. The summed E-state index contributed by atoms with van der Waals surface area (Å²) >= 11 is 0. The Kier molecular flexibility index (Phi) is 0.970. The zero-order valence-electron chi connectivity index (χ0n) is 4.77.